The Morgan fingerprint density at radius 2 is 1.69 bits per heavy atom. The zero-order valence-electron chi connectivity index (χ0n) is 14.5. The minimum Gasteiger partial charge on any atom is -0.341 e. The first-order valence-corrected chi connectivity index (χ1v) is 9.00. The fourth-order valence-electron chi connectivity index (χ4n) is 3.66. The van der Waals surface area contributed by atoms with E-state index in [1.54, 1.807) is 12.3 Å². The van der Waals surface area contributed by atoms with Gasteiger partial charge in [-0.3, -0.25) is 9.59 Å². The average molecular weight is 347 g/mol. The van der Waals surface area contributed by atoms with Crippen molar-refractivity contribution in [3.8, 4) is 0 Å². The van der Waals surface area contributed by atoms with Crippen LogP contribution in [-0.2, 0) is 11.3 Å². The summed E-state index contributed by atoms with van der Waals surface area (Å²) in [5.41, 5.74) is 1.13. The van der Waals surface area contributed by atoms with Gasteiger partial charge >= 0.3 is 0 Å². The molecule has 0 bridgehead atoms. The topological polar surface area (TPSA) is 55.2 Å². The summed E-state index contributed by atoms with van der Waals surface area (Å²) in [5.74, 6) is 0.461. The molecule has 3 aromatic rings. The first-order chi connectivity index (χ1) is 12.7. The highest BCUT2D eigenvalue weighted by Crippen LogP contribution is 2.27. The second-order valence-electron chi connectivity index (χ2n) is 6.76. The van der Waals surface area contributed by atoms with Crippen molar-refractivity contribution in [2.75, 3.05) is 13.1 Å². The van der Waals surface area contributed by atoms with Gasteiger partial charge in [0.25, 0.3) is 5.56 Å². The number of fused-ring (bicyclic) bond motifs is 1. The SMILES string of the molecule is O=C(Cn1ncc2ccccc2c1=O)N1CCC(c2ccccc2)CC1. The van der Waals surface area contributed by atoms with Crippen LogP contribution in [-0.4, -0.2) is 33.7 Å². The van der Waals surface area contributed by atoms with Gasteiger partial charge in [0.1, 0.15) is 6.54 Å². The zero-order valence-corrected chi connectivity index (χ0v) is 14.5. The molecule has 1 saturated heterocycles. The Morgan fingerprint density at radius 1 is 1.00 bits per heavy atom. The predicted molar refractivity (Wildman–Crippen MR) is 101 cm³/mol. The van der Waals surface area contributed by atoms with Crippen LogP contribution in [0, 0.1) is 0 Å². The van der Waals surface area contributed by atoms with Crippen LogP contribution in [0.5, 0.6) is 0 Å². The molecular weight excluding hydrogens is 326 g/mol. The van der Waals surface area contributed by atoms with Crippen molar-refractivity contribution < 1.29 is 4.79 Å². The largest absolute Gasteiger partial charge is 0.341 e. The molecule has 1 amide bonds. The smallest absolute Gasteiger partial charge is 0.275 e. The minimum absolute atomic E-state index is 0.000326. The lowest BCUT2D eigenvalue weighted by molar-refractivity contribution is -0.133. The van der Waals surface area contributed by atoms with Gasteiger partial charge in [-0.2, -0.15) is 5.10 Å². The number of hydrogen-bond acceptors (Lipinski definition) is 3. The quantitative estimate of drug-likeness (QED) is 0.732. The summed E-state index contributed by atoms with van der Waals surface area (Å²) in [6, 6.07) is 17.8. The van der Waals surface area contributed by atoms with E-state index in [-0.39, 0.29) is 18.0 Å². The molecule has 0 atom stereocenters. The number of benzene rings is 2. The molecule has 2 aromatic carbocycles. The maximum atomic E-state index is 12.6. The van der Waals surface area contributed by atoms with Crippen LogP contribution >= 0.6 is 0 Å². The molecule has 26 heavy (non-hydrogen) atoms. The summed E-state index contributed by atoms with van der Waals surface area (Å²) in [4.78, 5) is 27.0. The second kappa shape index (κ2) is 7.12. The number of aromatic nitrogens is 2. The van der Waals surface area contributed by atoms with Gasteiger partial charge in [-0.05, 0) is 30.4 Å². The van der Waals surface area contributed by atoms with E-state index in [0.29, 0.717) is 11.3 Å². The number of nitrogens with zero attached hydrogens (tertiary/aromatic N) is 3. The summed E-state index contributed by atoms with van der Waals surface area (Å²) in [5, 5.41) is 5.55. The standard InChI is InChI=1S/C21H21N3O2/c25-20(15-24-21(26)19-9-5-4-8-18(19)14-22-24)23-12-10-17(11-13-23)16-6-2-1-3-7-16/h1-9,14,17H,10-13,15H2. The molecule has 1 aromatic heterocycles. The van der Waals surface area contributed by atoms with Gasteiger partial charge in [-0.1, -0.05) is 48.5 Å². The van der Waals surface area contributed by atoms with E-state index in [0.717, 1.165) is 31.3 Å². The maximum absolute atomic E-state index is 12.6. The summed E-state index contributed by atoms with van der Waals surface area (Å²) in [6.45, 7) is 1.45. The molecule has 1 aliphatic rings. The van der Waals surface area contributed by atoms with Gasteiger partial charge < -0.3 is 4.90 Å². The molecule has 0 spiro atoms. The number of likely N-dealkylation sites (tertiary alicyclic amines) is 1. The van der Waals surface area contributed by atoms with E-state index < -0.39 is 0 Å². The van der Waals surface area contributed by atoms with Crippen LogP contribution in [0.15, 0.2) is 65.6 Å². The van der Waals surface area contributed by atoms with Crippen LogP contribution < -0.4 is 5.56 Å². The Balaban J connectivity index is 1.43. The Bertz CT molecular complexity index is 973. The lowest BCUT2D eigenvalue weighted by Gasteiger charge is -2.32. The second-order valence-corrected chi connectivity index (χ2v) is 6.76. The Labute approximate surface area is 151 Å². The van der Waals surface area contributed by atoms with Gasteiger partial charge in [0.2, 0.25) is 5.91 Å². The van der Waals surface area contributed by atoms with Gasteiger partial charge in [0.15, 0.2) is 0 Å². The highest BCUT2D eigenvalue weighted by atomic mass is 16.2. The number of hydrogen-bond donors (Lipinski definition) is 0. The molecular formula is C21H21N3O2. The number of carbonyl (C=O) groups is 1. The van der Waals surface area contributed by atoms with Crippen molar-refractivity contribution in [3.05, 3.63) is 76.7 Å². The first kappa shape index (κ1) is 16.5. The Morgan fingerprint density at radius 3 is 2.46 bits per heavy atom. The number of carbonyl (C=O) groups excluding carboxylic acids is 1. The molecule has 0 unspecified atom stereocenters. The van der Waals surface area contributed by atoms with E-state index in [1.807, 2.05) is 29.2 Å². The van der Waals surface area contributed by atoms with Crippen LogP contribution in [0.1, 0.15) is 24.3 Å². The molecule has 1 aliphatic heterocycles. The van der Waals surface area contributed by atoms with Crippen LogP contribution in [0.3, 0.4) is 0 Å². The highest BCUT2D eigenvalue weighted by Gasteiger charge is 2.24. The molecule has 5 nitrogen and oxygen atoms in total. The number of piperidine rings is 1. The highest BCUT2D eigenvalue weighted by molar-refractivity contribution is 5.81. The zero-order chi connectivity index (χ0) is 17.9. The third-order valence-electron chi connectivity index (χ3n) is 5.17. The molecule has 0 saturated carbocycles. The molecule has 0 radical (unpaired) electrons. The van der Waals surface area contributed by atoms with Crippen molar-refractivity contribution in [1.82, 2.24) is 14.7 Å². The van der Waals surface area contributed by atoms with E-state index >= 15 is 0 Å². The Kier molecular flexibility index (Phi) is 4.52. The third-order valence-corrected chi connectivity index (χ3v) is 5.17. The van der Waals surface area contributed by atoms with Gasteiger partial charge in [-0.15, -0.1) is 0 Å². The van der Waals surface area contributed by atoms with E-state index in [1.165, 1.54) is 10.2 Å². The van der Waals surface area contributed by atoms with Gasteiger partial charge in [-0.25, -0.2) is 4.68 Å². The van der Waals surface area contributed by atoms with Crippen molar-refractivity contribution in [2.45, 2.75) is 25.3 Å². The Hall–Kier alpha value is -2.95. The van der Waals surface area contributed by atoms with Crippen LogP contribution in [0.2, 0.25) is 0 Å². The molecule has 0 N–H and O–H groups in total. The van der Waals surface area contributed by atoms with Crippen molar-refractivity contribution in [1.29, 1.82) is 0 Å². The van der Waals surface area contributed by atoms with Crippen molar-refractivity contribution in [3.63, 3.8) is 0 Å². The van der Waals surface area contributed by atoms with Gasteiger partial charge in [0, 0.05) is 18.5 Å². The molecule has 1 fully saturated rings. The normalized spacial score (nSPS) is 15.3. The maximum Gasteiger partial charge on any atom is 0.275 e. The monoisotopic (exact) mass is 347 g/mol. The molecule has 5 heteroatoms. The summed E-state index contributed by atoms with van der Waals surface area (Å²) in [7, 11) is 0. The predicted octanol–water partition coefficient (Wildman–Crippen LogP) is 2.80. The fourth-order valence-corrected chi connectivity index (χ4v) is 3.66. The van der Waals surface area contributed by atoms with E-state index in [9.17, 15) is 9.59 Å². The summed E-state index contributed by atoms with van der Waals surface area (Å²) < 4.78 is 1.27. The number of rotatable bonds is 3. The molecule has 2 heterocycles. The van der Waals surface area contributed by atoms with E-state index in [2.05, 4.69) is 29.4 Å². The van der Waals surface area contributed by atoms with Crippen molar-refractivity contribution >= 4 is 16.7 Å². The van der Waals surface area contributed by atoms with Crippen molar-refractivity contribution in [2.24, 2.45) is 0 Å². The summed E-state index contributed by atoms with van der Waals surface area (Å²) in [6.07, 6.45) is 3.55. The molecule has 4 rings (SSSR count). The fraction of sp³-hybridized carbons (Fsp3) is 0.286. The van der Waals surface area contributed by atoms with Gasteiger partial charge in [0.05, 0.1) is 11.6 Å². The lowest BCUT2D eigenvalue weighted by Crippen LogP contribution is -2.41. The van der Waals surface area contributed by atoms with Crippen LogP contribution in [0.25, 0.3) is 10.8 Å². The van der Waals surface area contributed by atoms with E-state index in [4.69, 9.17) is 0 Å². The minimum atomic E-state index is -0.212. The lowest BCUT2D eigenvalue weighted by atomic mass is 9.89. The van der Waals surface area contributed by atoms with Crippen LogP contribution in [0.4, 0.5) is 0 Å². The number of amides is 1. The third kappa shape index (κ3) is 3.25. The summed E-state index contributed by atoms with van der Waals surface area (Å²) >= 11 is 0. The first-order valence-electron chi connectivity index (χ1n) is 9.00. The average Bonchev–Trinajstić information content (AvgIpc) is 2.71. The molecule has 0 aliphatic carbocycles. The molecule has 132 valence electrons.